The quantitative estimate of drug-likeness (QED) is 0.0420. The maximum absolute atomic E-state index is 2.50. The molecule has 4 aromatic rings. The summed E-state index contributed by atoms with van der Waals surface area (Å²) in [5, 5.41) is 0. The molecule has 4 aromatic heterocycles. The Morgan fingerprint density at radius 3 is 0.839 bits per heavy atom. The largest absolute Gasteiger partial charge is 0.139 e. The first-order valence-electron chi connectivity index (χ1n) is 24.1. The zero-order valence-electron chi connectivity index (χ0n) is 37.2. The van der Waals surface area contributed by atoms with Gasteiger partial charge in [-0.15, -0.1) is 45.3 Å². The van der Waals surface area contributed by atoms with Crippen molar-refractivity contribution in [2.45, 2.75) is 234 Å². The molecule has 56 heavy (non-hydrogen) atoms. The van der Waals surface area contributed by atoms with Crippen LogP contribution in [0, 0.1) is 0 Å². The third-order valence-corrected chi connectivity index (χ3v) is 17.3. The minimum absolute atomic E-state index is 1.27. The van der Waals surface area contributed by atoms with Gasteiger partial charge in [-0.05, 0) is 124 Å². The molecule has 4 rings (SSSR count). The summed E-state index contributed by atoms with van der Waals surface area (Å²) >= 11 is 8.53. The molecule has 0 aromatic carbocycles. The highest BCUT2D eigenvalue weighted by atomic mass is 32.1. The first-order chi connectivity index (χ1) is 27.6. The fourth-order valence-corrected chi connectivity index (χ4v) is 13.8. The highest BCUT2D eigenvalue weighted by Crippen LogP contribution is 2.48. The second kappa shape index (κ2) is 28.3. The normalized spacial score (nSPS) is 11.8. The predicted octanol–water partition coefficient (Wildman–Crippen LogP) is 19.7. The summed E-state index contributed by atoms with van der Waals surface area (Å²) in [5.74, 6) is 0. The van der Waals surface area contributed by atoms with Crippen LogP contribution in [0.15, 0.2) is 24.3 Å². The molecule has 4 heteroatoms. The monoisotopic (exact) mass is 835 g/mol. The summed E-state index contributed by atoms with van der Waals surface area (Å²) in [6, 6.07) is 9.93. The lowest BCUT2D eigenvalue weighted by Gasteiger charge is -2.10. The number of hydrogen-bond donors (Lipinski definition) is 0. The highest BCUT2D eigenvalue weighted by Gasteiger charge is 2.23. The van der Waals surface area contributed by atoms with E-state index in [2.05, 4.69) is 111 Å². The van der Waals surface area contributed by atoms with Crippen LogP contribution in [0.25, 0.3) is 29.3 Å². The van der Waals surface area contributed by atoms with Crippen molar-refractivity contribution >= 4 is 45.3 Å². The molecule has 0 fully saturated rings. The molecule has 314 valence electrons. The van der Waals surface area contributed by atoms with Crippen LogP contribution >= 0.6 is 45.3 Å². The van der Waals surface area contributed by atoms with Gasteiger partial charge in [0.2, 0.25) is 0 Å². The van der Waals surface area contributed by atoms with Gasteiger partial charge in [-0.25, -0.2) is 0 Å². The molecular weight excluding hydrogens is 753 g/mol. The molecule has 0 saturated heterocycles. The lowest BCUT2D eigenvalue weighted by Crippen LogP contribution is -1.97. The summed E-state index contributed by atoms with van der Waals surface area (Å²) in [6.07, 6.45) is 40.1. The van der Waals surface area contributed by atoms with E-state index in [0.29, 0.717) is 0 Å². The Morgan fingerprint density at radius 1 is 0.268 bits per heavy atom. The first kappa shape index (κ1) is 47.5. The molecule has 0 radical (unpaired) electrons. The standard InChI is InChI=1S/C52H82S4/c1-7-13-19-25-31-41-43(33-27-21-15-9-3)51(55-45(41)35-29-23-17-11-5)49-39-37-47(53-49)48-38-40-50(54-48)52-44(34-28-22-16-10-4)42(32-26-20-14-8-2)46(56-52)36-30-24-18-12-6/h37-40H,7-36H2,1-6H3. The molecule has 0 saturated carbocycles. The average molecular weight is 835 g/mol. The van der Waals surface area contributed by atoms with E-state index in [4.69, 9.17) is 0 Å². The van der Waals surface area contributed by atoms with Gasteiger partial charge in [0.15, 0.2) is 0 Å². The Bertz CT molecular complexity index is 1470. The Balaban J connectivity index is 1.67. The van der Waals surface area contributed by atoms with Crippen LogP contribution in [0.3, 0.4) is 0 Å². The van der Waals surface area contributed by atoms with Gasteiger partial charge in [0.25, 0.3) is 0 Å². The lowest BCUT2D eigenvalue weighted by atomic mass is 9.95. The molecule has 0 atom stereocenters. The number of rotatable bonds is 33. The minimum atomic E-state index is 1.27. The molecule has 0 N–H and O–H groups in total. The van der Waals surface area contributed by atoms with Gasteiger partial charge in [-0.1, -0.05) is 157 Å². The van der Waals surface area contributed by atoms with Crippen molar-refractivity contribution < 1.29 is 0 Å². The molecule has 0 amide bonds. The summed E-state index contributed by atoms with van der Waals surface area (Å²) in [4.78, 5) is 12.7. The van der Waals surface area contributed by atoms with Crippen LogP contribution in [0.5, 0.6) is 0 Å². The molecule has 0 unspecified atom stereocenters. The maximum atomic E-state index is 2.50. The number of hydrogen-bond acceptors (Lipinski definition) is 4. The van der Waals surface area contributed by atoms with E-state index in [1.165, 1.54) is 212 Å². The van der Waals surface area contributed by atoms with E-state index in [1.54, 1.807) is 41.8 Å². The molecule has 0 bridgehead atoms. The van der Waals surface area contributed by atoms with Crippen LogP contribution in [0.1, 0.15) is 228 Å². The minimum Gasteiger partial charge on any atom is -0.139 e. The molecular formula is C52H82S4. The van der Waals surface area contributed by atoms with E-state index in [9.17, 15) is 0 Å². The summed E-state index contributed by atoms with van der Waals surface area (Å²) < 4.78 is 0. The highest BCUT2D eigenvalue weighted by molar-refractivity contribution is 7.28. The van der Waals surface area contributed by atoms with Crippen LogP contribution < -0.4 is 0 Å². The molecule has 0 spiro atoms. The van der Waals surface area contributed by atoms with E-state index in [-0.39, 0.29) is 0 Å². The lowest BCUT2D eigenvalue weighted by molar-refractivity contribution is 0.644. The number of aryl methyl sites for hydroxylation is 2. The first-order valence-corrected chi connectivity index (χ1v) is 27.3. The Labute approximate surface area is 362 Å². The van der Waals surface area contributed by atoms with Crippen LogP contribution in [0.2, 0.25) is 0 Å². The fraction of sp³-hybridized carbons (Fsp3) is 0.692. The van der Waals surface area contributed by atoms with Crippen molar-refractivity contribution in [3.05, 3.63) is 56.3 Å². The average Bonchev–Trinajstić information content (AvgIpc) is 4.02. The second-order valence-corrected chi connectivity index (χ2v) is 21.2. The SMILES string of the molecule is CCCCCCc1sc(-c2ccc(-c3ccc(-c4sc(CCCCCC)c(CCCCCC)c4CCCCCC)s3)s2)c(CCCCCC)c1CCCCCC. The van der Waals surface area contributed by atoms with E-state index in [0.717, 1.165) is 0 Å². The van der Waals surface area contributed by atoms with Crippen LogP contribution in [-0.2, 0) is 38.5 Å². The van der Waals surface area contributed by atoms with Gasteiger partial charge in [-0.2, -0.15) is 0 Å². The zero-order chi connectivity index (χ0) is 39.8. The smallest absolute Gasteiger partial charge is 0.0480 e. The van der Waals surface area contributed by atoms with Crippen molar-refractivity contribution in [3.63, 3.8) is 0 Å². The van der Waals surface area contributed by atoms with Gasteiger partial charge in [0, 0.05) is 39.0 Å². The predicted molar refractivity (Wildman–Crippen MR) is 261 cm³/mol. The van der Waals surface area contributed by atoms with Gasteiger partial charge >= 0.3 is 0 Å². The van der Waals surface area contributed by atoms with Gasteiger partial charge in [0.1, 0.15) is 0 Å². The Kier molecular flexibility index (Phi) is 24.0. The Hall–Kier alpha value is -1.20. The molecule has 0 aliphatic rings. The van der Waals surface area contributed by atoms with Crippen molar-refractivity contribution in [3.8, 4) is 29.3 Å². The summed E-state index contributed by atoms with van der Waals surface area (Å²) in [5.41, 5.74) is 7.00. The molecule has 4 heterocycles. The topological polar surface area (TPSA) is 0 Å². The maximum Gasteiger partial charge on any atom is 0.0480 e. The van der Waals surface area contributed by atoms with Gasteiger partial charge < -0.3 is 0 Å². The van der Waals surface area contributed by atoms with Crippen molar-refractivity contribution in [1.29, 1.82) is 0 Å². The molecule has 0 aliphatic carbocycles. The number of unbranched alkanes of at least 4 members (excludes halogenated alkanes) is 18. The Morgan fingerprint density at radius 2 is 0.536 bits per heavy atom. The third-order valence-electron chi connectivity index (χ3n) is 11.9. The summed E-state index contributed by atoms with van der Waals surface area (Å²) in [6.45, 7) is 14.1. The summed E-state index contributed by atoms with van der Waals surface area (Å²) in [7, 11) is 0. The van der Waals surface area contributed by atoms with Gasteiger partial charge in [-0.3, -0.25) is 0 Å². The van der Waals surface area contributed by atoms with Crippen molar-refractivity contribution in [1.82, 2.24) is 0 Å². The fourth-order valence-electron chi connectivity index (χ4n) is 8.54. The van der Waals surface area contributed by atoms with E-state index < -0.39 is 0 Å². The van der Waals surface area contributed by atoms with E-state index >= 15 is 0 Å². The third kappa shape index (κ3) is 15.1. The van der Waals surface area contributed by atoms with Crippen molar-refractivity contribution in [2.75, 3.05) is 0 Å². The zero-order valence-corrected chi connectivity index (χ0v) is 40.4. The van der Waals surface area contributed by atoms with E-state index in [1.807, 2.05) is 0 Å². The number of thiophene rings is 4. The van der Waals surface area contributed by atoms with Crippen LogP contribution in [0.4, 0.5) is 0 Å². The molecule has 0 nitrogen and oxygen atoms in total. The second-order valence-electron chi connectivity index (χ2n) is 16.8. The van der Waals surface area contributed by atoms with Crippen LogP contribution in [-0.4, -0.2) is 0 Å². The molecule has 0 aliphatic heterocycles. The van der Waals surface area contributed by atoms with Crippen molar-refractivity contribution in [2.24, 2.45) is 0 Å². The van der Waals surface area contributed by atoms with Gasteiger partial charge in [0.05, 0.1) is 0 Å².